The Bertz CT molecular complexity index is 2480. The van der Waals surface area contributed by atoms with E-state index in [0.717, 1.165) is 31.3 Å². The number of carbonyl (C=O) groups is 2. The molecule has 5 aliphatic heterocycles. The van der Waals surface area contributed by atoms with Crippen LogP contribution in [0.25, 0.3) is 0 Å². The Hall–Kier alpha value is -3.26. The first-order chi connectivity index (χ1) is 46.4. The van der Waals surface area contributed by atoms with Crippen molar-refractivity contribution in [2.45, 2.75) is 333 Å². The van der Waals surface area contributed by atoms with Crippen LogP contribution in [0.4, 0.5) is 0 Å². The van der Waals surface area contributed by atoms with Gasteiger partial charge in [0.1, 0.15) is 12.2 Å². The topological polar surface area (TPSA) is 288 Å². The Labute approximate surface area is 587 Å². The monoisotopic (exact) mass is 1390 g/mol. The number of rotatable bonds is 14. The highest BCUT2D eigenvalue weighted by molar-refractivity contribution is 5.83. The quantitative estimate of drug-likeness (QED) is 0.0593. The van der Waals surface area contributed by atoms with E-state index >= 15 is 0 Å². The summed E-state index contributed by atoms with van der Waals surface area (Å²) in [5.41, 5.74) is 1.41. The summed E-state index contributed by atoms with van der Waals surface area (Å²) in [6, 6.07) is 0. The molecule has 5 aliphatic rings. The number of cyclic esters (lactones) is 2. The Morgan fingerprint density at radius 3 is 1.33 bits per heavy atom. The van der Waals surface area contributed by atoms with Gasteiger partial charge in [0.25, 0.3) is 0 Å². The highest BCUT2D eigenvalue weighted by atomic mass is 16.6. The van der Waals surface area contributed by atoms with E-state index in [1.807, 2.05) is 106 Å². The van der Waals surface area contributed by atoms with Crippen molar-refractivity contribution < 1.29 is 97.8 Å². The lowest BCUT2D eigenvalue weighted by Crippen LogP contribution is -2.45. The molecule has 0 aromatic carbocycles. The molecule has 0 amide bonds. The van der Waals surface area contributed by atoms with Crippen LogP contribution in [-0.2, 0) is 57.0 Å². The average molecular weight is 1390 g/mol. The minimum absolute atomic E-state index is 0.0282. The van der Waals surface area contributed by atoms with E-state index in [0.29, 0.717) is 63.4 Å². The summed E-state index contributed by atoms with van der Waals surface area (Å²) in [4.78, 5) is 27.8. The molecule has 0 aromatic rings. The van der Waals surface area contributed by atoms with Gasteiger partial charge in [0.05, 0.1) is 122 Å². The number of ether oxygens (including phenoxy) is 10. The van der Waals surface area contributed by atoms with Crippen LogP contribution in [0.3, 0.4) is 0 Å². The van der Waals surface area contributed by atoms with Crippen molar-refractivity contribution in [3.05, 3.63) is 71.9 Å². The van der Waals surface area contributed by atoms with Crippen molar-refractivity contribution in [1.29, 1.82) is 0 Å². The van der Waals surface area contributed by atoms with Gasteiger partial charge in [0, 0.05) is 102 Å². The van der Waals surface area contributed by atoms with Crippen LogP contribution in [0.15, 0.2) is 71.9 Å². The molecule has 20 nitrogen and oxygen atoms in total. The van der Waals surface area contributed by atoms with Gasteiger partial charge in [-0.3, -0.25) is 0 Å². The van der Waals surface area contributed by atoms with Crippen LogP contribution in [0.5, 0.6) is 0 Å². The van der Waals surface area contributed by atoms with Crippen molar-refractivity contribution in [3.8, 4) is 0 Å². The summed E-state index contributed by atoms with van der Waals surface area (Å²) in [6.07, 6.45) is 14.3. The van der Waals surface area contributed by atoms with Gasteiger partial charge in [-0.2, -0.15) is 0 Å². The summed E-state index contributed by atoms with van der Waals surface area (Å²) < 4.78 is 61.4. The highest BCUT2D eigenvalue weighted by Crippen LogP contribution is 2.37. The number of aliphatic hydroxyl groups is 8. The van der Waals surface area contributed by atoms with Crippen LogP contribution in [0.1, 0.15) is 199 Å². The number of hydrogen-bond acceptors (Lipinski definition) is 20. The number of esters is 2. The van der Waals surface area contributed by atoms with E-state index in [9.17, 15) is 50.4 Å². The van der Waals surface area contributed by atoms with Crippen molar-refractivity contribution in [2.24, 2.45) is 47.3 Å². The molecule has 5 rings (SSSR count). The molecule has 0 radical (unpaired) electrons. The number of fused-ring (bicyclic) bond motifs is 4. The summed E-state index contributed by atoms with van der Waals surface area (Å²) in [5.74, 6) is -5.42. The van der Waals surface area contributed by atoms with Gasteiger partial charge >= 0.3 is 11.9 Å². The fraction of sp³-hybridized carbons (Fsp3) is 0.821. The second kappa shape index (κ2) is 43.1. The Balaban J connectivity index is 1.37. The zero-order valence-corrected chi connectivity index (χ0v) is 62.3. The maximum absolute atomic E-state index is 13.9. The van der Waals surface area contributed by atoms with Crippen LogP contribution in [-0.4, -0.2) is 216 Å². The minimum Gasteiger partial charge on any atom is -0.459 e. The molecule has 30 atom stereocenters. The molecule has 98 heavy (non-hydrogen) atoms. The van der Waals surface area contributed by atoms with E-state index in [2.05, 4.69) is 0 Å². The first-order valence-corrected chi connectivity index (χ1v) is 37.1. The van der Waals surface area contributed by atoms with E-state index in [1.54, 1.807) is 54.4 Å². The van der Waals surface area contributed by atoms with Gasteiger partial charge in [-0.25, -0.2) is 9.59 Å². The summed E-state index contributed by atoms with van der Waals surface area (Å²) in [7, 11) is 6.59. The highest BCUT2D eigenvalue weighted by Gasteiger charge is 2.42. The smallest absolute Gasteiger partial charge is 0.331 e. The fourth-order valence-electron chi connectivity index (χ4n) is 15.4. The summed E-state index contributed by atoms with van der Waals surface area (Å²) in [5, 5.41) is 94.1. The predicted molar refractivity (Wildman–Crippen MR) is 377 cm³/mol. The molecule has 0 unspecified atom stereocenters. The third-order valence-electron chi connectivity index (χ3n) is 22.3. The second-order valence-electron chi connectivity index (χ2n) is 30.3. The van der Waals surface area contributed by atoms with Gasteiger partial charge in [-0.05, 0) is 129 Å². The SMILES string of the molecule is CO[C@H]1C[C@H](CC[C@H](C)[C@H](O)[C@H](C)[C@H]2OC(=O)/C=C/C(C)=C/C[C@@H](O)C[C@@H]3C=CC[C@@H](C[C@@H](OC)[C@H](C)[C@@H](O)C[C@@H](O)[C@@H](C)[C@H](O)[C@H](C)[C@H]([C@@H](C)CC[C@H]4C[C@H](OC)C[C@H](C)O4)OC(=O)/C=C/C(C)=C/C[C@H](O)C[C@@H]4C=CC[C@@H](C[C@@H](OC)[C@@H](C)[C@H](O)C[C@@H](O)[C@H]2C)O4)O3)O[C@@H](C)C1. The third-order valence-corrected chi connectivity index (χ3v) is 22.3. The lowest BCUT2D eigenvalue weighted by atomic mass is 9.78. The molecule has 0 aliphatic carbocycles. The maximum atomic E-state index is 13.9. The third kappa shape index (κ3) is 28.1. The Morgan fingerprint density at radius 1 is 0.469 bits per heavy atom. The zero-order chi connectivity index (χ0) is 72.5. The normalized spacial score (nSPS) is 42.2. The van der Waals surface area contributed by atoms with Crippen molar-refractivity contribution in [1.82, 2.24) is 0 Å². The molecule has 0 saturated carbocycles. The number of hydrogen-bond donors (Lipinski definition) is 8. The lowest BCUT2D eigenvalue weighted by Gasteiger charge is -2.38. The van der Waals surface area contributed by atoms with Crippen LogP contribution in [0, 0.1) is 47.3 Å². The molecule has 4 bridgehead atoms. The summed E-state index contributed by atoms with van der Waals surface area (Å²) in [6.45, 7) is 22.6. The van der Waals surface area contributed by atoms with E-state index in [1.165, 1.54) is 12.2 Å². The average Bonchev–Trinajstić information content (AvgIpc) is 0.850. The van der Waals surface area contributed by atoms with Gasteiger partial charge in [-0.15, -0.1) is 0 Å². The maximum Gasteiger partial charge on any atom is 0.331 e. The molecule has 0 aromatic heterocycles. The molecule has 20 heteroatoms. The molecular formula is C78H132O20. The van der Waals surface area contributed by atoms with Crippen molar-refractivity contribution in [2.75, 3.05) is 28.4 Å². The van der Waals surface area contributed by atoms with Gasteiger partial charge in [0.2, 0.25) is 0 Å². The largest absolute Gasteiger partial charge is 0.459 e. The van der Waals surface area contributed by atoms with Crippen molar-refractivity contribution in [3.63, 3.8) is 0 Å². The zero-order valence-electron chi connectivity index (χ0n) is 62.3. The van der Waals surface area contributed by atoms with E-state index in [4.69, 9.17) is 47.4 Å². The minimum atomic E-state index is -1.17. The Kier molecular flexibility index (Phi) is 37.6. The van der Waals surface area contributed by atoms with E-state index in [-0.39, 0.29) is 92.8 Å². The molecule has 564 valence electrons. The molecule has 2 fully saturated rings. The van der Waals surface area contributed by atoms with Crippen LogP contribution in [0.2, 0.25) is 0 Å². The van der Waals surface area contributed by atoms with Crippen LogP contribution >= 0.6 is 0 Å². The van der Waals surface area contributed by atoms with Crippen LogP contribution < -0.4 is 0 Å². The van der Waals surface area contributed by atoms with Crippen molar-refractivity contribution >= 4 is 11.9 Å². The molecule has 8 N–H and O–H groups in total. The molecule has 0 spiro atoms. The first kappa shape index (κ1) is 85.4. The van der Waals surface area contributed by atoms with E-state index < -0.39 is 133 Å². The number of carbonyl (C=O) groups excluding carboxylic acids is 2. The predicted octanol–water partition coefficient (Wildman–Crippen LogP) is 10.1. The fourth-order valence-corrected chi connectivity index (χ4v) is 15.4. The molecular weight excluding hydrogens is 1260 g/mol. The first-order valence-electron chi connectivity index (χ1n) is 37.1. The van der Waals surface area contributed by atoms with Gasteiger partial charge < -0.3 is 88.2 Å². The van der Waals surface area contributed by atoms with Gasteiger partial charge in [0.15, 0.2) is 0 Å². The molecule has 2 saturated heterocycles. The summed E-state index contributed by atoms with van der Waals surface area (Å²) >= 11 is 0. The lowest BCUT2D eigenvalue weighted by molar-refractivity contribution is -0.158. The number of methoxy groups -OCH3 is 4. The second-order valence-corrected chi connectivity index (χ2v) is 30.3. The standard InChI is InChI=1S/C78H132O20/c1-45-23-29-57(79)37-60-20-18-22-62(96-60)42-72(92-16)52(8)68(82)44-70(84)54(10)78(55(11)75(87)47(3)27-31-63-39-65(89-13)35-49(5)93-63)98-74(86)34-26-46(2)24-30-58(80)38-59-19-17-21-61(95-59)41-71(91-15)51(7)67(81)43-69(83)53(9)76(88)56(12)77(97-73(85)33-25-45)48(4)28-32-64-40-66(90-14)36-50(6)94-64/h17-20,23-26,33-34,47-72,75-84,87-88H,21-22,27-32,35-44H2,1-16H3/b33-25+,34-26+,45-23+,46-24+/t47-,48-,49-,50-,51+,52-,53+,54+,55-,56-,57-,58+,59-,60-,61-,62-,63-,64-,65+,66+,67-,68+,69+,70+,71+,72+,75-,76-,77-,78-/m0/s1. The Morgan fingerprint density at radius 2 is 0.888 bits per heavy atom. The number of allylic oxidation sites excluding steroid dienone is 4. The number of aliphatic hydroxyl groups excluding tert-OH is 8. The van der Waals surface area contributed by atoms with Gasteiger partial charge in [-0.1, -0.05) is 115 Å². The molecule has 5 heterocycles.